The molecule has 0 bridgehead atoms. The van der Waals surface area contributed by atoms with Crippen molar-refractivity contribution in [3.63, 3.8) is 0 Å². The predicted octanol–water partition coefficient (Wildman–Crippen LogP) is 0.688. The van der Waals surface area contributed by atoms with Crippen LogP contribution in [0.4, 0.5) is 5.69 Å². The summed E-state index contributed by atoms with van der Waals surface area (Å²) < 4.78 is 10.0. The smallest absolute Gasteiger partial charge is 0.356 e. The maximum atomic E-state index is 10.8. The number of carboxylic acids is 1. The van der Waals surface area contributed by atoms with Gasteiger partial charge in [-0.3, -0.25) is 0 Å². The molecule has 0 atom stereocenters. The van der Waals surface area contributed by atoms with Crippen LogP contribution in [-0.2, 0) is 0 Å². The zero-order chi connectivity index (χ0) is 11.6. The molecule has 0 fully saturated rings. The minimum Gasteiger partial charge on any atom is -0.491 e. The molecule has 0 radical (unpaired) electrons. The monoisotopic (exact) mass is 212 g/mol. The molecular formula is C9H12N2O4. The molecule has 0 amide bonds. The van der Waals surface area contributed by atoms with E-state index in [1.807, 2.05) is 0 Å². The quantitative estimate of drug-likeness (QED) is 0.765. The fourth-order valence-electron chi connectivity index (χ4n) is 1.28. The molecule has 0 unspecified atom stereocenters. The number of pyridine rings is 1. The van der Waals surface area contributed by atoms with E-state index in [2.05, 4.69) is 4.98 Å². The van der Waals surface area contributed by atoms with Gasteiger partial charge in [0.1, 0.15) is 5.69 Å². The van der Waals surface area contributed by atoms with Crippen molar-refractivity contribution < 1.29 is 19.4 Å². The van der Waals surface area contributed by atoms with Gasteiger partial charge < -0.3 is 20.3 Å². The lowest BCUT2D eigenvalue weighted by molar-refractivity contribution is 0.0691. The van der Waals surface area contributed by atoms with E-state index in [9.17, 15) is 4.79 Å². The Balaban J connectivity index is 3.51. The number of nitrogens with two attached hydrogens (primary N) is 1. The number of aromatic carboxylic acids is 1. The Bertz CT molecular complexity index is 404. The number of nitrogen functional groups attached to an aromatic ring is 1. The molecule has 0 aromatic carbocycles. The number of carbonyl (C=O) groups is 1. The lowest BCUT2D eigenvalue weighted by atomic mass is 10.2. The van der Waals surface area contributed by atoms with Crippen molar-refractivity contribution in [2.24, 2.45) is 0 Å². The summed E-state index contributed by atoms with van der Waals surface area (Å²) in [5.41, 5.74) is 5.74. The van der Waals surface area contributed by atoms with Crippen molar-refractivity contribution in [3.8, 4) is 11.5 Å². The fraction of sp³-hybridized carbons (Fsp3) is 0.333. The highest BCUT2D eigenvalue weighted by Crippen LogP contribution is 2.36. The number of carboxylic acid groups (broad SMARTS) is 1. The zero-order valence-electron chi connectivity index (χ0n) is 8.70. The summed E-state index contributed by atoms with van der Waals surface area (Å²) in [7, 11) is 2.83. The van der Waals surface area contributed by atoms with Crippen LogP contribution in [0.1, 0.15) is 16.2 Å². The van der Waals surface area contributed by atoms with E-state index in [1.54, 1.807) is 6.92 Å². The molecule has 15 heavy (non-hydrogen) atoms. The Morgan fingerprint density at radius 3 is 2.27 bits per heavy atom. The van der Waals surface area contributed by atoms with E-state index in [-0.39, 0.29) is 17.1 Å². The summed E-state index contributed by atoms with van der Waals surface area (Å²) in [6, 6.07) is 0. The van der Waals surface area contributed by atoms with Crippen LogP contribution in [0.25, 0.3) is 0 Å². The highest BCUT2D eigenvalue weighted by Gasteiger charge is 2.20. The van der Waals surface area contributed by atoms with Crippen LogP contribution in [0.5, 0.6) is 11.5 Å². The second-order valence-corrected chi connectivity index (χ2v) is 2.83. The molecule has 6 nitrogen and oxygen atoms in total. The third-order valence-corrected chi connectivity index (χ3v) is 1.92. The maximum absolute atomic E-state index is 10.8. The van der Waals surface area contributed by atoms with Crippen LogP contribution in [0.15, 0.2) is 0 Å². The summed E-state index contributed by atoms with van der Waals surface area (Å²) in [6.07, 6.45) is 0. The van der Waals surface area contributed by atoms with E-state index in [0.717, 1.165) is 0 Å². The van der Waals surface area contributed by atoms with Gasteiger partial charge in [-0.15, -0.1) is 0 Å². The highest BCUT2D eigenvalue weighted by atomic mass is 16.5. The molecule has 0 saturated carbocycles. The minimum atomic E-state index is -1.20. The Kier molecular flexibility index (Phi) is 2.99. The number of hydrogen-bond acceptors (Lipinski definition) is 5. The van der Waals surface area contributed by atoms with Gasteiger partial charge in [0.15, 0.2) is 17.2 Å². The number of rotatable bonds is 3. The van der Waals surface area contributed by atoms with E-state index in [4.69, 9.17) is 20.3 Å². The first-order valence-corrected chi connectivity index (χ1v) is 4.14. The molecule has 0 spiro atoms. The molecule has 6 heteroatoms. The Labute approximate surface area is 86.6 Å². The normalized spacial score (nSPS) is 9.80. The van der Waals surface area contributed by atoms with Crippen molar-refractivity contribution in [2.45, 2.75) is 6.92 Å². The number of aryl methyl sites for hydroxylation is 1. The fourth-order valence-corrected chi connectivity index (χ4v) is 1.28. The van der Waals surface area contributed by atoms with Gasteiger partial charge in [-0.25, -0.2) is 9.78 Å². The summed E-state index contributed by atoms with van der Waals surface area (Å²) in [5.74, 6) is -0.654. The number of hydrogen-bond donors (Lipinski definition) is 2. The molecule has 3 N–H and O–H groups in total. The van der Waals surface area contributed by atoms with Crippen molar-refractivity contribution in [1.82, 2.24) is 4.98 Å². The van der Waals surface area contributed by atoms with Gasteiger partial charge in [0.05, 0.1) is 19.9 Å². The Morgan fingerprint density at radius 2 is 1.87 bits per heavy atom. The summed E-state index contributed by atoms with van der Waals surface area (Å²) in [5, 5.41) is 8.83. The van der Waals surface area contributed by atoms with Crippen LogP contribution < -0.4 is 15.2 Å². The molecule has 1 aromatic rings. The van der Waals surface area contributed by atoms with Crippen LogP contribution in [-0.4, -0.2) is 30.3 Å². The Hall–Kier alpha value is -1.98. The third-order valence-electron chi connectivity index (χ3n) is 1.92. The number of nitrogens with zero attached hydrogens (tertiary/aromatic N) is 1. The van der Waals surface area contributed by atoms with Crippen LogP contribution in [0, 0.1) is 6.92 Å². The minimum absolute atomic E-state index is 0.0348. The lowest BCUT2D eigenvalue weighted by Gasteiger charge is -2.13. The van der Waals surface area contributed by atoms with Crippen molar-refractivity contribution >= 4 is 11.7 Å². The molecule has 82 valence electrons. The largest absolute Gasteiger partial charge is 0.491 e. The van der Waals surface area contributed by atoms with Gasteiger partial charge in [0.2, 0.25) is 0 Å². The average molecular weight is 212 g/mol. The number of ether oxygens (including phenoxy) is 2. The summed E-state index contributed by atoms with van der Waals surface area (Å²) in [6.45, 7) is 1.62. The van der Waals surface area contributed by atoms with Gasteiger partial charge in [0.25, 0.3) is 0 Å². The topological polar surface area (TPSA) is 94.7 Å². The molecule has 0 saturated heterocycles. The van der Waals surface area contributed by atoms with Crippen molar-refractivity contribution in [1.29, 1.82) is 0 Å². The summed E-state index contributed by atoms with van der Waals surface area (Å²) >= 11 is 0. The first-order chi connectivity index (χ1) is 7.02. The molecule has 1 rings (SSSR count). The maximum Gasteiger partial charge on any atom is 0.356 e. The second kappa shape index (κ2) is 4.04. The highest BCUT2D eigenvalue weighted by molar-refractivity contribution is 5.93. The number of anilines is 1. The number of aromatic nitrogens is 1. The van der Waals surface area contributed by atoms with Gasteiger partial charge >= 0.3 is 5.97 Å². The summed E-state index contributed by atoms with van der Waals surface area (Å²) in [4.78, 5) is 14.6. The first kappa shape index (κ1) is 11.1. The van der Waals surface area contributed by atoms with E-state index >= 15 is 0 Å². The zero-order valence-corrected chi connectivity index (χ0v) is 8.70. The predicted molar refractivity (Wildman–Crippen MR) is 53.4 cm³/mol. The van der Waals surface area contributed by atoms with Crippen LogP contribution >= 0.6 is 0 Å². The van der Waals surface area contributed by atoms with Crippen LogP contribution in [0.3, 0.4) is 0 Å². The SMILES string of the molecule is COc1c(C)nc(C(=O)O)c(N)c1OC. The van der Waals surface area contributed by atoms with Gasteiger partial charge in [-0.2, -0.15) is 0 Å². The van der Waals surface area contributed by atoms with Gasteiger partial charge in [0, 0.05) is 0 Å². The lowest BCUT2D eigenvalue weighted by Crippen LogP contribution is -2.10. The molecule has 0 aliphatic rings. The molecule has 0 aliphatic heterocycles. The van der Waals surface area contributed by atoms with E-state index in [0.29, 0.717) is 11.4 Å². The standard InChI is InChI=1S/C9H12N2O4/c1-4-7(14-2)8(15-3)5(10)6(11-4)9(12)13/h10H2,1-3H3,(H,12,13). The van der Waals surface area contributed by atoms with Crippen LogP contribution in [0.2, 0.25) is 0 Å². The van der Waals surface area contributed by atoms with E-state index in [1.165, 1.54) is 14.2 Å². The van der Waals surface area contributed by atoms with Gasteiger partial charge in [-0.1, -0.05) is 0 Å². The number of methoxy groups -OCH3 is 2. The first-order valence-electron chi connectivity index (χ1n) is 4.14. The third kappa shape index (κ3) is 1.78. The van der Waals surface area contributed by atoms with E-state index < -0.39 is 5.97 Å². The second-order valence-electron chi connectivity index (χ2n) is 2.83. The molecular weight excluding hydrogens is 200 g/mol. The Morgan fingerprint density at radius 1 is 1.33 bits per heavy atom. The molecule has 0 aliphatic carbocycles. The van der Waals surface area contributed by atoms with Crippen molar-refractivity contribution in [2.75, 3.05) is 20.0 Å². The van der Waals surface area contributed by atoms with Gasteiger partial charge in [-0.05, 0) is 6.92 Å². The molecule has 1 heterocycles. The molecule has 1 aromatic heterocycles. The van der Waals surface area contributed by atoms with Crippen molar-refractivity contribution in [3.05, 3.63) is 11.4 Å². The average Bonchev–Trinajstić information content (AvgIpc) is 2.19.